The Labute approximate surface area is 120 Å². The van der Waals surface area contributed by atoms with Crippen molar-refractivity contribution in [1.82, 2.24) is 0 Å². The molecule has 1 aromatic rings. The third kappa shape index (κ3) is 4.78. The molecule has 0 aromatic heterocycles. The number of nitrogens with one attached hydrogen (secondary N) is 1. The van der Waals surface area contributed by atoms with Crippen LogP contribution in [0, 0.1) is 0 Å². The SMILES string of the molecule is O=C(CCS)Nc1cccc(OC2CCCCC2)c1. The van der Waals surface area contributed by atoms with Crippen molar-refractivity contribution in [2.45, 2.75) is 44.6 Å². The Bertz CT molecular complexity index is 416. The molecule has 19 heavy (non-hydrogen) atoms. The second-order valence-corrected chi connectivity index (χ2v) is 5.37. The Morgan fingerprint density at radius 3 is 2.84 bits per heavy atom. The summed E-state index contributed by atoms with van der Waals surface area (Å²) in [6.07, 6.45) is 6.85. The predicted octanol–water partition coefficient (Wildman–Crippen LogP) is 3.66. The zero-order valence-electron chi connectivity index (χ0n) is 11.1. The largest absolute Gasteiger partial charge is 0.490 e. The van der Waals surface area contributed by atoms with Crippen LogP contribution in [0.25, 0.3) is 0 Å². The minimum Gasteiger partial charge on any atom is -0.490 e. The van der Waals surface area contributed by atoms with Crippen molar-refractivity contribution in [3.63, 3.8) is 0 Å². The Kier molecular flexibility index (Phi) is 5.58. The molecule has 0 saturated heterocycles. The second-order valence-electron chi connectivity index (χ2n) is 4.93. The number of amides is 1. The van der Waals surface area contributed by atoms with Gasteiger partial charge < -0.3 is 10.1 Å². The number of ether oxygens (including phenoxy) is 1. The molecule has 1 aromatic carbocycles. The molecule has 3 nitrogen and oxygen atoms in total. The van der Waals surface area contributed by atoms with Crippen molar-refractivity contribution in [1.29, 1.82) is 0 Å². The van der Waals surface area contributed by atoms with E-state index in [0.717, 1.165) is 24.3 Å². The Hall–Kier alpha value is -1.16. The average Bonchev–Trinajstić information content (AvgIpc) is 2.40. The first kappa shape index (κ1) is 14.3. The molecule has 4 heteroatoms. The second kappa shape index (κ2) is 7.43. The van der Waals surface area contributed by atoms with E-state index >= 15 is 0 Å². The molecule has 1 amide bonds. The fourth-order valence-corrected chi connectivity index (χ4v) is 2.55. The molecule has 0 aliphatic heterocycles. The number of thiol groups is 1. The van der Waals surface area contributed by atoms with E-state index in [2.05, 4.69) is 17.9 Å². The monoisotopic (exact) mass is 279 g/mol. The average molecular weight is 279 g/mol. The Morgan fingerprint density at radius 2 is 2.11 bits per heavy atom. The van der Waals surface area contributed by atoms with Crippen LogP contribution in [0.4, 0.5) is 5.69 Å². The van der Waals surface area contributed by atoms with Crippen molar-refractivity contribution in [3.05, 3.63) is 24.3 Å². The summed E-state index contributed by atoms with van der Waals surface area (Å²) >= 11 is 4.05. The van der Waals surface area contributed by atoms with Crippen LogP contribution in [-0.2, 0) is 4.79 Å². The molecule has 2 rings (SSSR count). The number of carbonyl (C=O) groups excluding carboxylic acids is 1. The van der Waals surface area contributed by atoms with Gasteiger partial charge in [0, 0.05) is 18.2 Å². The molecule has 1 fully saturated rings. The van der Waals surface area contributed by atoms with E-state index < -0.39 is 0 Å². The lowest BCUT2D eigenvalue weighted by atomic mass is 9.98. The quantitative estimate of drug-likeness (QED) is 0.807. The van der Waals surface area contributed by atoms with E-state index in [1.165, 1.54) is 19.3 Å². The normalized spacial score (nSPS) is 16.1. The van der Waals surface area contributed by atoms with Gasteiger partial charge in [0.2, 0.25) is 5.91 Å². The summed E-state index contributed by atoms with van der Waals surface area (Å²) in [5, 5.41) is 2.85. The third-order valence-corrected chi connectivity index (χ3v) is 3.54. The highest BCUT2D eigenvalue weighted by Crippen LogP contribution is 2.25. The van der Waals surface area contributed by atoms with Gasteiger partial charge in [-0.25, -0.2) is 0 Å². The fourth-order valence-electron chi connectivity index (χ4n) is 2.35. The van der Waals surface area contributed by atoms with Gasteiger partial charge in [-0.3, -0.25) is 4.79 Å². The summed E-state index contributed by atoms with van der Waals surface area (Å²) < 4.78 is 5.97. The molecule has 0 unspecified atom stereocenters. The maximum absolute atomic E-state index is 11.5. The highest BCUT2D eigenvalue weighted by atomic mass is 32.1. The van der Waals surface area contributed by atoms with Crippen LogP contribution in [0.5, 0.6) is 5.75 Å². The van der Waals surface area contributed by atoms with Gasteiger partial charge in [-0.15, -0.1) is 0 Å². The molecule has 104 valence electrons. The smallest absolute Gasteiger partial charge is 0.225 e. The van der Waals surface area contributed by atoms with Crippen molar-refractivity contribution in [2.24, 2.45) is 0 Å². The van der Waals surface area contributed by atoms with E-state index in [9.17, 15) is 4.79 Å². The van der Waals surface area contributed by atoms with E-state index in [4.69, 9.17) is 4.74 Å². The summed E-state index contributed by atoms with van der Waals surface area (Å²) in [4.78, 5) is 11.5. The van der Waals surface area contributed by atoms with Gasteiger partial charge in [0.25, 0.3) is 0 Å². The Balaban J connectivity index is 1.92. The van der Waals surface area contributed by atoms with E-state index in [-0.39, 0.29) is 5.91 Å². The van der Waals surface area contributed by atoms with Gasteiger partial charge in [0.15, 0.2) is 0 Å². The Morgan fingerprint density at radius 1 is 1.32 bits per heavy atom. The summed E-state index contributed by atoms with van der Waals surface area (Å²) in [7, 11) is 0. The molecular weight excluding hydrogens is 258 g/mol. The maximum atomic E-state index is 11.5. The van der Waals surface area contributed by atoms with E-state index in [0.29, 0.717) is 18.3 Å². The summed E-state index contributed by atoms with van der Waals surface area (Å²) in [5.41, 5.74) is 0.792. The van der Waals surface area contributed by atoms with Crippen LogP contribution >= 0.6 is 12.6 Å². The van der Waals surface area contributed by atoms with Crippen molar-refractivity contribution in [3.8, 4) is 5.75 Å². The van der Waals surface area contributed by atoms with E-state index in [1.807, 2.05) is 24.3 Å². The lowest BCUT2D eigenvalue weighted by molar-refractivity contribution is -0.115. The molecule has 0 heterocycles. The number of carbonyl (C=O) groups is 1. The zero-order valence-corrected chi connectivity index (χ0v) is 12.0. The van der Waals surface area contributed by atoms with Crippen molar-refractivity contribution in [2.75, 3.05) is 11.1 Å². The molecule has 1 saturated carbocycles. The molecule has 0 radical (unpaired) electrons. The summed E-state index contributed by atoms with van der Waals surface area (Å²) in [6, 6.07) is 7.63. The van der Waals surface area contributed by atoms with Crippen molar-refractivity contribution < 1.29 is 9.53 Å². The lowest BCUT2D eigenvalue weighted by Gasteiger charge is -2.23. The minimum absolute atomic E-state index is 0.00943. The first-order valence-corrected chi connectivity index (χ1v) is 7.58. The van der Waals surface area contributed by atoms with Gasteiger partial charge in [-0.05, 0) is 43.6 Å². The summed E-state index contributed by atoms with van der Waals surface area (Å²) in [6.45, 7) is 0. The molecular formula is C15H21NO2S. The first-order chi connectivity index (χ1) is 9.28. The molecule has 1 aliphatic carbocycles. The number of hydrogen-bond acceptors (Lipinski definition) is 3. The predicted molar refractivity (Wildman–Crippen MR) is 81.0 cm³/mol. The van der Waals surface area contributed by atoms with Crippen LogP contribution in [0.1, 0.15) is 38.5 Å². The molecule has 0 atom stereocenters. The molecule has 0 bridgehead atoms. The standard InChI is InChI=1S/C15H21NO2S/c17-15(9-10-19)16-12-5-4-8-14(11-12)18-13-6-2-1-3-7-13/h4-5,8,11,13,19H,1-3,6-7,9-10H2,(H,16,17). The number of benzene rings is 1. The van der Waals surface area contributed by atoms with Crippen LogP contribution in [-0.4, -0.2) is 17.8 Å². The van der Waals surface area contributed by atoms with Gasteiger partial charge in [0.05, 0.1) is 6.10 Å². The minimum atomic E-state index is -0.00943. The van der Waals surface area contributed by atoms with Gasteiger partial charge in [-0.1, -0.05) is 12.5 Å². The first-order valence-electron chi connectivity index (χ1n) is 6.95. The van der Waals surface area contributed by atoms with Crippen LogP contribution in [0.3, 0.4) is 0 Å². The lowest BCUT2D eigenvalue weighted by Crippen LogP contribution is -2.19. The molecule has 0 spiro atoms. The number of hydrogen-bond donors (Lipinski definition) is 2. The maximum Gasteiger partial charge on any atom is 0.225 e. The van der Waals surface area contributed by atoms with E-state index in [1.54, 1.807) is 0 Å². The third-order valence-electron chi connectivity index (χ3n) is 3.31. The van der Waals surface area contributed by atoms with Crippen LogP contribution in [0.2, 0.25) is 0 Å². The fraction of sp³-hybridized carbons (Fsp3) is 0.533. The van der Waals surface area contributed by atoms with Gasteiger partial charge in [0.1, 0.15) is 5.75 Å². The zero-order chi connectivity index (χ0) is 13.5. The molecule has 1 N–H and O–H groups in total. The van der Waals surface area contributed by atoms with Gasteiger partial charge in [-0.2, -0.15) is 12.6 Å². The van der Waals surface area contributed by atoms with Crippen LogP contribution < -0.4 is 10.1 Å². The number of rotatable bonds is 5. The molecule has 1 aliphatic rings. The van der Waals surface area contributed by atoms with Gasteiger partial charge >= 0.3 is 0 Å². The highest BCUT2D eigenvalue weighted by Gasteiger charge is 2.14. The van der Waals surface area contributed by atoms with Crippen molar-refractivity contribution >= 4 is 24.2 Å². The number of anilines is 1. The topological polar surface area (TPSA) is 38.3 Å². The highest BCUT2D eigenvalue weighted by molar-refractivity contribution is 7.80. The van der Waals surface area contributed by atoms with Crippen LogP contribution in [0.15, 0.2) is 24.3 Å². The summed E-state index contributed by atoms with van der Waals surface area (Å²) in [5.74, 6) is 1.39.